The van der Waals surface area contributed by atoms with E-state index in [1.807, 2.05) is 6.33 Å². The largest absolute Gasteiger partial charge is 0.303 e. The van der Waals surface area contributed by atoms with Crippen LogP contribution in [0.3, 0.4) is 0 Å². The number of Topliss-reactive ketones (excluding diaryl/α,β-unsaturated/α-hetero) is 1. The third-order valence-corrected chi connectivity index (χ3v) is 7.95. The van der Waals surface area contributed by atoms with Gasteiger partial charge >= 0.3 is 0 Å². The smallest absolute Gasteiger partial charge is 0.179 e. The van der Waals surface area contributed by atoms with Gasteiger partial charge in [0.15, 0.2) is 5.78 Å². The molecule has 4 aromatic rings. The average molecular weight is 465 g/mol. The van der Waals surface area contributed by atoms with E-state index in [-0.39, 0.29) is 5.78 Å². The van der Waals surface area contributed by atoms with Crippen molar-refractivity contribution >= 4 is 16.7 Å². The summed E-state index contributed by atoms with van der Waals surface area (Å²) in [6.07, 6.45) is 7.15. The van der Waals surface area contributed by atoms with Crippen molar-refractivity contribution in [3.63, 3.8) is 0 Å². The van der Waals surface area contributed by atoms with Crippen molar-refractivity contribution in [3.05, 3.63) is 88.6 Å². The molecule has 35 heavy (non-hydrogen) atoms. The number of aryl methyl sites for hydroxylation is 1. The Morgan fingerprint density at radius 1 is 1.03 bits per heavy atom. The summed E-state index contributed by atoms with van der Waals surface area (Å²) in [5.41, 5.74) is 9.40. The summed E-state index contributed by atoms with van der Waals surface area (Å²) in [5.74, 6) is 0.663. The molecular formula is C30H32N4O. The highest BCUT2D eigenvalue weighted by atomic mass is 16.1. The molecule has 0 radical (unpaired) electrons. The van der Waals surface area contributed by atoms with Crippen LogP contribution in [0.25, 0.3) is 16.6 Å². The van der Waals surface area contributed by atoms with Gasteiger partial charge in [-0.2, -0.15) is 0 Å². The van der Waals surface area contributed by atoms with Gasteiger partial charge in [-0.3, -0.25) is 9.78 Å². The molecule has 0 spiro atoms. The van der Waals surface area contributed by atoms with Gasteiger partial charge in [-0.1, -0.05) is 30.3 Å². The maximum atomic E-state index is 11.9. The van der Waals surface area contributed by atoms with Crippen molar-refractivity contribution in [3.8, 4) is 5.69 Å². The number of likely N-dealkylation sites (tertiary alicyclic amines) is 1. The predicted molar refractivity (Wildman–Crippen MR) is 140 cm³/mol. The molecule has 4 heterocycles. The number of benzene rings is 2. The second-order valence-electron chi connectivity index (χ2n) is 10.1. The van der Waals surface area contributed by atoms with Crippen LogP contribution in [0.5, 0.6) is 0 Å². The number of aromatic nitrogens is 3. The lowest BCUT2D eigenvalue weighted by atomic mass is 9.87. The van der Waals surface area contributed by atoms with Gasteiger partial charge in [0.1, 0.15) is 12.0 Å². The van der Waals surface area contributed by atoms with Crippen LogP contribution in [0, 0.1) is 6.92 Å². The standard InChI is InChI=1S/C30H32N4O/c1-20-9-10-26-24(6-4-7-27(26)32-20)23-14-17-33(18-15-23)16-13-22-5-3-8-28-25(22)11-12-29-30(21(2)35)31-19-34(28)29/h3-10,19,23H,11-18H2,1-2H3. The van der Waals surface area contributed by atoms with Crippen LogP contribution in [0.4, 0.5) is 0 Å². The van der Waals surface area contributed by atoms with E-state index >= 15 is 0 Å². The second-order valence-corrected chi connectivity index (χ2v) is 10.1. The molecule has 0 atom stereocenters. The Hall–Kier alpha value is -3.31. The van der Waals surface area contributed by atoms with Crippen molar-refractivity contribution in [2.45, 2.75) is 51.9 Å². The van der Waals surface area contributed by atoms with Crippen molar-refractivity contribution in [2.75, 3.05) is 19.6 Å². The molecule has 2 aromatic carbocycles. The van der Waals surface area contributed by atoms with Gasteiger partial charge in [0, 0.05) is 24.5 Å². The van der Waals surface area contributed by atoms with E-state index in [1.165, 1.54) is 40.6 Å². The molecule has 6 rings (SSSR count). The lowest BCUT2D eigenvalue weighted by molar-refractivity contribution is 0.101. The van der Waals surface area contributed by atoms with E-state index in [1.54, 1.807) is 6.92 Å². The number of imidazole rings is 1. The molecule has 5 nitrogen and oxygen atoms in total. The van der Waals surface area contributed by atoms with Crippen molar-refractivity contribution in [1.29, 1.82) is 0 Å². The zero-order chi connectivity index (χ0) is 23.9. The first-order valence-corrected chi connectivity index (χ1v) is 12.9. The molecule has 2 aliphatic rings. The summed E-state index contributed by atoms with van der Waals surface area (Å²) in [6.45, 7) is 7.05. The molecular weight excluding hydrogens is 432 g/mol. The van der Waals surface area contributed by atoms with E-state index in [0.717, 1.165) is 55.8 Å². The zero-order valence-electron chi connectivity index (χ0n) is 20.6. The number of carbonyl (C=O) groups excluding carboxylic acids is 1. The molecule has 178 valence electrons. The predicted octanol–water partition coefficient (Wildman–Crippen LogP) is 5.45. The minimum Gasteiger partial charge on any atom is -0.303 e. The summed E-state index contributed by atoms with van der Waals surface area (Å²) in [5, 5.41) is 1.32. The number of hydrogen-bond acceptors (Lipinski definition) is 4. The minimum atomic E-state index is 0.0524. The lowest BCUT2D eigenvalue weighted by Crippen LogP contribution is -2.34. The fraction of sp³-hybridized carbons (Fsp3) is 0.367. The normalized spacial score (nSPS) is 16.3. The van der Waals surface area contributed by atoms with Gasteiger partial charge in [0.25, 0.3) is 0 Å². The highest BCUT2D eigenvalue weighted by Crippen LogP contribution is 2.33. The molecule has 2 aromatic heterocycles. The summed E-state index contributed by atoms with van der Waals surface area (Å²) in [7, 11) is 0. The Kier molecular flexibility index (Phi) is 5.73. The van der Waals surface area contributed by atoms with Gasteiger partial charge in [-0.05, 0) is 92.9 Å². The van der Waals surface area contributed by atoms with Gasteiger partial charge in [0.2, 0.25) is 0 Å². The Labute approximate surface area is 206 Å². The fourth-order valence-corrected chi connectivity index (χ4v) is 6.11. The molecule has 1 saturated heterocycles. The van der Waals surface area contributed by atoms with Crippen LogP contribution in [-0.4, -0.2) is 44.9 Å². The fourth-order valence-electron chi connectivity index (χ4n) is 6.11. The van der Waals surface area contributed by atoms with Crippen LogP contribution >= 0.6 is 0 Å². The van der Waals surface area contributed by atoms with Crippen molar-refractivity contribution < 1.29 is 4.79 Å². The number of rotatable bonds is 5. The monoisotopic (exact) mass is 464 g/mol. The quantitative estimate of drug-likeness (QED) is 0.369. The summed E-state index contributed by atoms with van der Waals surface area (Å²) >= 11 is 0. The third-order valence-electron chi connectivity index (χ3n) is 7.95. The topological polar surface area (TPSA) is 51.0 Å². The summed E-state index contributed by atoms with van der Waals surface area (Å²) < 4.78 is 2.13. The molecule has 0 bridgehead atoms. The highest BCUT2D eigenvalue weighted by molar-refractivity contribution is 5.93. The third kappa shape index (κ3) is 4.08. The first-order chi connectivity index (χ1) is 17.1. The number of ketones is 1. The summed E-state index contributed by atoms with van der Waals surface area (Å²) in [6, 6.07) is 17.6. The maximum absolute atomic E-state index is 11.9. The van der Waals surface area contributed by atoms with Crippen LogP contribution in [0.1, 0.15) is 64.2 Å². The van der Waals surface area contributed by atoms with Crippen LogP contribution in [0.2, 0.25) is 0 Å². The minimum absolute atomic E-state index is 0.0524. The SMILES string of the molecule is CC(=O)c1ncn2c1CCc1c(CCN3CCC(c4cccc5nc(C)ccc45)CC3)cccc1-2. The molecule has 1 fully saturated rings. The number of carbonyl (C=O) groups is 1. The molecule has 0 saturated carbocycles. The van der Waals surface area contributed by atoms with Crippen LogP contribution in [-0.2, 0) is 19.3 Å². The van der Waals surface area contributed by atoms with Gasteiger partial charge in [-0.15, -0.1) is 0 Å². The molecule has 0 N–H and O–H groups in total. The molecule has 5 heteroatoms. The Morgan fingerprint density at radius 3 is 2.69 bits per heavy atom. The number of hydrogen-bond donors (Lipinski definition) is 0. The number of piperidine rings is 1. The highest BCUT2D eigenvalue weighted by Gasteiger charge is 2.25. The van der Waals surface area contributed by atoms with E-state index < -0.39 is 0 Å². The van der Waals surface area contributed by atoms with Gasteiger partial charge < -0.3 is 9.47 Å². The first kappa shape index (κ1) is 22.2. The summed E-state index contributed by atoms with van der Waals surface area (Å²) in [4.78, 5) is 23.7. The second kappa shape index (κ2) is 9.04. The number of fused-ring (bicyclic) bond motifs is 4. The van der Waals surface area contributed by atoms with E-state index in [0.29, 0.717) is 11.6 Å². The van der Waals surface area contributed by atoms with Crippen LogP contribution in [0.15, 0.2) is 54.9 Å². The first-order valence-electron chi connectivity index (χ1n) is 12.9. The van der Waals surface area contributed by atoms with Gasteiger partial charge in [0.05, 0.1) is 16.9 Å². The number of pyridine rings is 1. The van der Waals surface area contributed by atoms with E-state index in [9.17, 15) is 4.79 Å². The van der Waals surface area contributed by atoms with Crippen molar-refractivity contribution in [2.24, 2.45) is 0 Å². The van der Waals surface area contributed by atoms with Gasteiger partial charge in [-0.25, -0.2) is 4.98 Å². The average Bonchev–Trinajstić information content (AvgIpc) is 3.32. The Bertz CT molecular complexity index is 1410. The van der Waals surface area contributed by atoms with E-state index in [2.05, 4.69) is 69.9 Å². The molecule has 0 amide bonds. The van der Waals surface area contributed by atoms with Crippen molar-refractivity contribution in [1.82, 2.24) is 19.4 Å². The molecule has 2 aliphatic heterocycles. The Morgan fingerprint density at radius 2 is 1.86 bits per heavy atom. The van der Waals surface area contributed by atoms with E-state index in [4.69, 9.17) is 4.98 Å². The van der Waals surface area contributed by atoms with Crippen LogP contribution < -0.4 is 0 Å². The molecule has 0 unspecified atom stereocenters. The zero-order valence-corrected chi connectivity index (χ0v) is 20.6. The number of nitrogens with zero attached hydrogens (tertiary/aromatic N) is 4. The molecule has 0 aliphatic carbocycles. The Balaban J connectivity index is 1.13. The maximum Gasteiger partial charge on any atom is 0.179 e. The lowest BCUT2D eigenvalue weighted by Gasteiger charge is -2.33.